The van der Waals surface area contributed by atoms with Crippen LogP contribution in [0.25, 0.3) is 0 Å². The van der Waals surface area contributed by atoms with Crippen LogP contribution in [0.5, 0.6) is 0 Å². The summed E-state index contributed by atoms with van der Waals surface area (Å²) in [5.41, 5.74) is 0. The summed E-state index contributed by atoms with van der Waals surface area (Å²) in [6.07, 6.45) is 11.0. The van der Waals surface area contributed by atoms with Crippen molar-refractivity contribution in [1.29, 1.82) is 0 Å². The van der Waals surface area contributed by atoms with Crippen molar-refractivity contribution in [3.05, 3.63) is 24.4 Å². The largest absolute Gasteiger partial charge is 0.289 e. The summed E-state index contributed by atoms with van der Waals surface area (Å²) in [6, 6.07) is 0.593. The van der Waals surface area contributed by atoms with Gasteiger partial charge in [-0.15, -0.1) is 0 Å². The molecule has 1 aliphatic carbocycles. The normalized spacial score (nSPS) is 38.2. The van der Waals surface area contributed by atoms with Crippen LogP contribution in [0, 0.1) is 5.92 Å². The van der Waals surface area contributed by atoms with E-state index in [1.807, 2.05) is 6.20 Å². The van der Waals surface area contributed by atoms with E-state index in [0.717, 1.165) is 12.3 Å². The predicted molar refractivity (Wildman–Crippen MR) is 36.9 cm³/mol. The number of rotatable bonds is 0. The van der Waals surface area contributed by atoms with Gasteiger partial charge in [0.2, 0.25) is 0 Å². The van der Waals surface area contributed by atoms with Gasteiger partial charge in [-0.3, -0.25) is 5.32 Å². The van der Waals surface area contributed by atoms with Crippen molar-refractivity contribution in [3.63, 3.8) is 0 Å². The van der Waals surface area contributed by atoms with Gasteiger partial charge in [-0.2, -0.15) is 0 Å². The van der Waals surface area contributed by atoms with Crippen LogP contribution in [0.4, 0.5) is 0 Å². The molecule has 0 spiro atoms. The highest BCUT2D eigenvalue weighted by molar-refractivity contribution is 5.10. The summed E-state index contributed by atoms with van der Waals surface area (Å²) >= 11 is 0. The lowest BCUT2D eigenvalue weighted by molar-refractivity contribution is 0.467. The molecule has 0 aromatic rings. The Morgan fingerprint density at radius 2 is 2.11 bits per heavy atom. The van der Waals surface area contributed by atoms with Crippen LogP contribution in [0.1, 0.15) is 12.8 Å². The van der Waals surface area contributed by atoms with E-state index in [1.165, 1.54) is 6.42 Å². The summed E-state index contributed by atoms with van der Waals surface area (Å²) in [6.45, 7) is 0. The van der Waals surface area contributed by atoms with Gasteiger partial charge in [0.25, 0.3) is 0 Å². The Hall–Kier alpha value is -0.720. The average molecular weight is 120 g/mol. The highest BCUT2D eigenvalue weighted by atomic mass is 14.9. The number of hydrogen-bond acceptors (Lipinski definition) is 0. The first-order chi connectivity index (χ1) is 4.47. The lowest BCUT2D eigenvalue weighted by atomic mass is 9.91. The SMILES string of the molecule is C1=CCC2[N]C=CC2C1. The van der Waals surface area contributed by atoms with Gasteiger partial charge in [-0.1, -0.05) is 18.2 Å². The number of fused-ring (bicyclic) bond motifs is 1. The maximum Gasteiger partial charge on any atom is 0.0599 e. The molecule has 1 radical (unpaired) electrons. The van der Waals surface area contributed by atoms with E-state index in [9.17, 15) is 0 Å². The molecule has 0 aromatic heterocycles. The zero-order valence-corrected chi connectivity index (χ0v) is 5.33. The van der Waals surface area contributed by atoms with Crippen molar-refractivity contribution in [3.8, 4) is 0 Å². The zero-order chi connectivity index (χ0) is 6.10. The molecule has 9 heavy (non-hydrogen) atoms. The molecule has 1 heterocycles. The third kappa shape index (κ3) is 0.766. The second kappa shape index (κ2) is 1.90. The fourth-order valence-electron chi connectivity index (χ4n) is 1.47. The van der Waals surface area contributed by atoms with Crippen molar-refractivity contribution < 1.29 is 0 Å². The summed E-state index contributed by atoms with van der Waals surface area (Å²) < 4.78 is 0. The molecule has 2 atom stereocenters. The van der Waals surface area contributed by atoms with Crippen molar-refractivity contribution in [2.75, 3.05) is 0 Å². The summed E-state index contributed by atoms with van der Waals surface area (Å²) in [4.78, 5) is 0. The van der Waals surface area contributed by atoms with E-state index in [2.05, 4.69) is 23.5 Å². The minimum absolute atomic E-state index is 0.593. The van der Waals surface area contributed by atoms with E-state index < -0.39 is 0 Å². The zero-order valence-electron chi connectivity index (χ0n) is 5.33. The van der Waals surface area contributed by atoms with Gasteiger partial charge in [0.1, 0.15) is 0 Å². The van der Waals surface area contributed by atoms with E-state index in [0.29, 0.717) is 6.04 Å². The number of nitrogens with zero attached hydrogens (tertiary/aromatic N) is 1. The molecule has 1 aliphatic heterocycles. The minimum atomic E-state index is 0.593. The van der Waals surface area contributed by atoms with Crippen LogP contribution in [0.3, 0.4) is 0 Å². The van der Waals surface area contributed by atoms with E-state index >= 15 is 0 Å². The third-order valence-electron chi connectivity index (χ3n) is 2.06. The van der Waals surface area contributed by atoms with Crippen molar-refractivity contribution in [2.24, 2.45) is 5.92 Å². The van der Waals surface area contributed by atoms with E-state index in [1.54, 1.807) is 0 Å². The lowest BCUT2D eigenvalue weighted by Crippen LogP contribution is -2.22. The van der Waals surface area contributed by atoms with Crippen LogP contribution >= 0.6 is 0 Å². The first-order valence-electron chi connectivity index (χ1n) is 3.48. The molecule has 2 rings (SSSR count). The van der Waals surface area contributed by atoms with E-state index in [-0.39, 0.29) is 0 Å². The molecule has 2 unspecified atom stereocenters. The van der Waals surface area contributed by atoms with Crippen LogP contribution in [0.15, 0.2) is 24.4 Å². The number of allylic oxidation sites excluding steroid dienone is 1. The molecule has 47 valence electrons. The van der Waals surface area contributed by atoms with Crippen LogP contribution in [0.2, 0.25) is 0 Å². The minimum Gasteiger partial charge on any atom is -0.289 e. The maximum atomic E-state index is 4.33. The molecule has 1 nitrogen and oxygen atoms in total. The molecule has 0 fully saturated rings. The highest BCUT2D eigenvalue weighted by Gasteiger charge is 2.23. The standard InChI is InChI=1S/C8H10N/c1-2-4-8-7(3-1)5-6-9-8/h1-2,5-8H,3-4H2. The predicted octanol–water partition coefficient (Wildman–Crippen LogP) is 1.45. The fraction of sp³-hybridized carbons (Fsp3) is 0.500. The molecule has 1 heteroatoms. The Bertz CT molecular complexity index is 158. The maximum absolute atomic E-state index is 4.33. The van der Waals surface area contributed by atoms with Gasteiger partial charge in [0, 0.05) is 12.1 Å². The Labute approximate surface area is 55.5 Å². The summed E-state index contributed by atoms with van der Waals surface area (Å²) in [5, 5.41) is 4.33. The Balaban J connectivity index is 2.13. The molecule has 0 saturated heterocycles. The quantitative estimate of drug-likeness (QED) is 0.430. The molecule has 2 aliphatic rings. The van der Waals surface area contributed by atoms with Gasteiger partial charge in [0.15, 0.2) is 0 Å². The summed E-state index contributed by atoms with van der Waals surface area (Å²) in [5.74, 6) is 0.731. The number of hydrogen-bond donors (Lipinski definition) is 0. The second-order valence-corrected chi connectivity index (χ2v) is 2.66. The van der Waals surface area contributed by atoms with Gasteiger partial charge < -0.3 is 0 Å². The highest BCUT2D eigenvalue weighted by Crippen LogP contribution is 2.24. The van der Waals surface area contributed by atoms with Gasteiger partial charge in [-0.05, 0) is 12.8 Å². The van der Waals surface area contributed by atoms with Gasteiger partial charge >= 0.3 is 0 Å². The van der Waals surface area contributed by atoms with Crippen molar-refractivity contribution in [1.82, 2.24) is 5.32 Å². The van der Waals surface area contributed by atoms with Crippen LogP contribution < -0.4 is 5.32 Å². The Morgan fingerprint density at radius 1 is 1.22 bits per heavy atom. The molecule has 0 bridgehead atoms. The second-order valence-electron chi connectivity index (χ2n) is 2.66. The molecule has 0 aromatic carbocycles. The molecule has 0 saturated carbocycles. The lowest BCUT2D eigenvalue weighted by Gasteiger charge is -2.18. The van der Waals surface area contributed by atoms with Gasteiger partial charge in [0.05, 0.1) is 6.04 Å². The molecular formula is C8H10N. The monoisotopic (exact) mass is 120 g/mol. The van der Waals surface area contributed by atoms with Crippen molar-refractivity contribution in [2.45, 2.75) is 18.9 Å². The first kappa shape index (κ1) is 5.10. The van der Waals surface area contributed by atoms with Crippen LogP contribution in [-0.4, -0.2) is 6.04 Å². The van der Waals surface area contributed by atoms with E-state index in [4.69, 9.17) is 0 Å². The average Bonchev–Trinajstić information content (AvgIpc) is 2.33. The summed E-state index contributed by atoms with van der Waals surface area (Å²) in [7, 11) is 0. The van der Waals surface area contributed by atoms with Gasteiger partial charge in [-0.25, -0.2) is 0 Å². The van der Waals surface area contributed by atoms with Crippen LogP contribution in [-0.2, 0) is 0 Å². The molecular weight excluding hydrogens is 110 g/mol. The Kier molecular flexibility index (Phi) is 1.08. The first-order valence-corrected chi connectivity index (χ1v) is 3.48. The molecule has 0 N–H and O–H groups in total. The Morgan fingerprint density at radius 3 is 3.00 bits per heavy atom. The smallest absolute Gasteiger partial charge is 0.0599 e. The van der Waals surface area contributed by atoms with Crippen molar-refractivity contribution >= 4 is 0 Å². The molecule has 0 amide bonds. The third-order valence-corrected chi connectivity index (χ3v) is 2.06. The topological polar surface area (TPSA) is 14.1 Å². The fourth-order valence-corrected chi connectivity index (χ4v) is 1.47.